The molecule has 2 aromatic heterocycles. The van der Waals surface area contributed by atoms with Crippen LogP contribution in [0.2, 0.25) is 10.0 Å². The second-order valence-corrected chi connectivity index (χ2v) is 10.9. The number of nitrogens with zero attached hydrogens (tertiary/aromatic N) is 4. The van der Waals surface area contributed by atoms with Gasteiger partial charge < -0.3 is 19.7 Å². The summed E-state index contributed by atoms with van der Waals surface area (Å²) < 4.78 is 10.8. The molecule has 228 valence electrons. The highest BCUT2D eigenvalue weighted by Crippen LogP contribution is 2.35. The first kappa shape index (κ1) is 30.4. The molecule has 0 saturated heterocycles. The van der Waals surface area contributed by atoms with E-state index in [2.05, 4.69) is 31.2 Å². The van der Waals surface area contributed by atoms with E-state index in [1.165, 1.54) is 0 Å². The summed E-state index contributed by atoms with van der Waals surface area (Å²) >= 11 is 12.8. The molecule has 6 rings (SSSR count). The van der Waals surface area contributed by atoms with E-state index in [-0.39, 0.29) is 22.5 Å². The van der Waals surface area contributed by atoms with Crippen LogP contribution < -0.4 is 10.6 Å². The highest BCUT2D eigenvalue weighted by Gasteiger charge is 2.26. The van der Waals surface area contributed by atoms with Crippen molar-refractivity contribution in [2.24, 2.45) is 10.2 Å². The summed E-state index contributed by atoms with van der Waals surface area (Å²) in [5, 5.41) is 23.4. The van der Waals surface area contributed by atoms with E-state index in [0.717, 1.165) is 0 Å². The summed E-state index contributed by atoms with van der Waals surface area (Å²) in [6, 6.07) is 28.0. The van der Waals surface area contributed by atoms with Crippen molar-refractivity contribution in [1.82, 2.24) is 10.3 Å². The van der Waals surface area contributed by atoms with Gasteiger partial charge in [0.15, 0.2) is 0 Å². The molecule has 0 radical (unpaired) electrons. The van der Waals surface area contributed by atoms with Gasteiger partial charge in [0.1, 0.15) is 39.7 Å². The van der Waals surface area contributed by atoms with Crippen LogP contribution in [0.15, 0.2) is 116 Å². The Morgan fingerprint density at radius 1 is 0.652 bits per heavy atom. The van der Waals surface area contributed by atoms with E-state index < -0.39 is 11.8 Å². The zero-order valence-electron chi connectivity index (χ0n) is 24.4. The summed E-state index contributed by atoms with van der Waals surface area (Å²) in [5.74, 6) is -0.409. The Labute approximate surface area is 273 Å². The molecular weight excluding hydrogens is 627 g/mol. The van der Waals surface area contributed by atoms with Crippen LogP contribution >= 0.6 is 23.2 Å². The maximum Gasteiger partial charge on any atom is 0.261 e. The van der Waals surface area contributed by atoms with E-state index in [0.29, 0.717) is 55.4 Å². The van der Waals surface area contributed by atoms with Crippen LogP contribution in [-0.2, 0) is 0 Å². The molecule has 0 unspecified atom stereocenters. The number of anilines is 2. The zero-order chi connectivity index (χ0) is 32.2. The lowest BCUT2D eigenvalue weighted by atomic mass is 10.0. The molecule has 0 fully saturated rings. The molecule has 46 heavy (non-hydrogen) atoms. The topological polar surface area (TPSA) is 135 Å². The number of rotatable bonds is 8. The van der Waals surface area contributed by atoms with Crippen molar-refractivity contribution in [3.8, 4) is 22.5 Å². The smallest absolute Gasteiger partial charge is 0.261 e. The third-order valence-corrected chi connectivity index (χ3v) is 7.63. The second-order valence-electron chi connectivity index (χ2n) is 10.1. The molecule has 4 aromatic carbocycles. The average molecular weight is 652 g/mol. The Morgan fingerprint density at radius 3 is 1.74 bits per heavy atom. The summed E-state index contributed by atoms with van der Waals surface area (Å²) in [5.41, 5.74) is 3.66. The predicted molar refractivity (Wildman–Crippen MR) is 176 cm³/mol. The normalized spacial score (nSPS) is 11.1. The van der Waals surface area contributed by atoms with Gasteiger partial charge in [-0.3, -0.25) is 9.59 Å². The SMILES string of the molecule is Cc1onc(-c2ccccc2Cl)c1C(=O)Nc1ccc(N=Nc2ccccc2)c(NC(=O)c2c(-c3ccccc3Cl)noc2C)c1. The number of aromatic nitrogens is 2. The lowest BCUT2D eigenvalue weighted by molar-refractivity contribution is 0.101. The van der Waals surface area contributed by atoms with Crippen LogP contribution in [0.3, 0.4) is 0 Å². The van der Waals surface area contributed by atoms with Crippen LogP contribution in [0.5, 0.6) is 0 Å². The van der Waals surface area contributed by atoms with Gasteiger partial charge in [-0.25, -0.2) is 0 Å². The summed E-state index contributed by atoms with van der Waals surface area (Å²) in [6.07, 6.45) is 0. The quantitative estimate of drug-likeness (QED) is 0.157. The van der Waals surface area contributed by atoms with Crippen LogP contribution in [-0.4, -0.2) is 22.1 Å². The second kappa shape index (κ2) is 13.2. The molecule has 0 aliphatic heterocycles. The summed E-state index contributed by atoms with van der Waals surface area (Å²) in [4.78, 5) is 27.4. The Balaban J connectivity index is 1.35. The first-order valence-corrected chi connectivity index (χ1v) is 14.7. The van der Waals surface area contributed by atoms with Gasteiger partial charge in [0, 0.05) is 16.8 Å². The number of amides is 2. The maximum atomic E-state index is 13.8. The molecule has 2 heterocycles. The summed E-state index contributed by atoms with van der Waals surface area (Å²) in [6.45, 7) is 3.27. The Hall–Kier alpha value is -5.58. The molecule has 10 nitrogen and oxygen atoms in total. The number of azo groups is 1. The van der Waals surface area contributed by atoms with Gasteiger partial charge >= 0.3 is 0 Å². The molecule has 0 spiro atoms. The van der Waals surface area contributed by atoms with Gasteiger partial charge in [0.2, 0.25) is 0 Å². The fourth-order valence-electron chi connectivity index (χ4n) is 4.74. The van der Waals surface area contributed by atoms with Gasteiger partial charge in [-0.15, -0.1) is 5.11 Å². The van der Waals surface area contributed by atoms with Crippen LogP contribution in [0.25, 0.3) is 22.5 Å². The van der Waals surface area contributed by atoms with Crippen molar-refractivity contribution >= 4 is 57.8 Å². The molecule has 0 bridgehead atoms. The number of hydrogen-bond donors (Lipinski definition) is 2. The highest BCUT2D eigenvalue weighted by atomic mass is 35.5. The fourth-order valence-corrected chi connectivity index (χ4v) is 5.19. The molecular formula is C34H24Cl2N6O4. The Morgan fingerprint density at radius 2 is 1.17 bits per heavy atom. The van der Waals surface area contributed by atoms with Crippen molar-refractivity contribution in [2.45, 2.75) is 13.8 Å². The van der Waals surface area contributed by atoms with Crippen molar-refractivity contribution in [1.29, 1.82) is 0 Å². The molecule has 2 N–H and O–H groups in total. The average Bonchev–Trinajstić information content (AvgIpc) is 3.63. The first-order chi connectivity index (χ1) is 22.3. The fraction of sp³-hybridized carbons (Fsp3) is 0.0588. The molecule has 0 aliphatic carbocycles. The van der Waals surface area contributed by atoms with Gasteiger partial charge in [-0.05, 0) is 56.3 Å². The van der Waals surface area contributed by atoms with E-state index >= 15 is 0 Å². The van der Waals surface area contributed by atoms with Crippen LogP contribution in [0.1, 0.15) is 32.2 Å². The lowest BCUT2D eigenvalue weighted by Crippen LogP contribution is -2.16. The van der Waals surface area contributed by atoms with E-state index in [1.54, 1.807) is 92.7 Å². The van der Waals surface area contributed by atoms with Crippen molar-refractivity contribution in [2.75, 3.05) is 10.6 Å². The van der Waals surface area contributed by atoms with Crippen molar-refractivity contribution in [3.63, 3.8) is 0 Å². The third kappa shape index (κ3) is 6.30. The first-order valence-electron chi connectivity index (χ1n) is 14.0. The predicted octanol–water partition coefficient (Wildman–Crippen LogP) is 9.84. The number of carbonyl (C=O) groups is 2. The monoisotopic (exact) mass is 650 g/mol. The molecule has 0 saturated carbocycles. The van der Waals surface area contributed by atoms with Crippen LogP contribution in [0.4, 0.5) is 22.7 Å². The minimum Gasteiger partial charge on any atom is -0.360 e. The number of halogens is 2. The number of benzene rings is 4. The molecule has 0 aliphatic rings. The minimum atomic E-state index is -0.524. The van der Waals surface area contributed by atoms with Gasteiger partial charge in [-0.1, -0.05) is 88.1 Å². The number of carbonyl (C=O) groups excluding carboxylic acids is 2. The number of hydrogen-bond acceptors (Lipinski definition) is 8. The van der Waals surface area contributed by atoms with E-state index in [4.69, 9.17) is 32.2 Å². The number of aryl methyl sites for hydroxylation is 2. The van der Waals surface area contributed by atoms with Gasteiger partial charge in [0.05, 0.1) is 21.4 Å². The minimum absolute atomic E-state index is 0.193. The van der Waals surface area contributed by atoms with Gasteiger partial charge in [0.25, 0.3) is 11.8 Å². The molecule has 6 aromatic rings. The Kier molecular flexibility index (Phi) is 8.73. The van der Waals surface area contributed by atoms with Crippen molar-refractivity contribution < 1.29 is 18.6 Å². The Bertz CT molecular complexity index is 2110. The molecule has 12 heteroatoms. The lowest BCUT2D eigenvalue weighted by Gasteiger charge is -2.12. The number of nitrogens with one attached hydrogen (secondary N) is 2. The standard InChI is InChI=1S/C34H24Cl2N6O4/c1-19-29(31(41-45-19)23-12-6-8-14-25(23)35)33(43)37-22-16-17-27(40-39-21-10-4-3-5-11-21)28(18-22)38-34(44)30-20(2)46-42-32(30)24-13-7-9-15-26(24)36/h3-18H,1-2H3,(H,37,43)(H,38,44). The van der Waals surface area contributed by atoms with E-state index in [1.807, 2.05) is 18.2 Å². The molecule has 0 atom stereocenters. The van der Waals surface area contributed by atoms with E-state index in [9.17, 15) is 9.59 Å². The maximum absolute atomic E-state index is 13.8. The largest absolute Gasteiger partial charge is 0.360 e. The van der Waals surface area contributed by atoms with Crippen LogP contribution in [0, 0.1) is 13.8 Å². The van der Waals surface area contributed by atoms with Crippen molar-refractivity contribution in [3.05, 3.63) is 130 Å². The van der Waals surface area contributed by atoms with Gasteiger partial charge in [-0.2, -0.15) is 5.11 Å². The molecule has 2 amide bonds. The zero-order valence-corrected chi connectivity index (χ0v) is 25.9. The summed E-state index contributed by atoms with van der Waals surface area (Å²) in [7, 11) is 0. The highest BCUT2D eigenvalue weighted by molar-refractivity contribution is 6.34. The third-order valence-electron chi connectivity index (χ3n) is 6.97.